The molecule has 1 aliphatic rings. The maximum absolute atomic E-state index is 12.6. The third-order valence-corrected chi connectivity index (χ3v) is 5.33. The molecule has 0 radical (unpaired) electrons. The van der Waals surface area contributed by atoms with E-state index in [2.05, 4.69) is 10.6 Å². The Bertz CT molecular complexity index is 797. The highest BCUT2D eigenvalue weighted by atomic mass is 32.1. The number of nitrogens with one attached hydrogen (secondary N) is 2. The first-order valence-corrected chi connectivity index (χ1v) is 9.46. The quantitative estimate of drug-likeness (QED) is 0.811. The number of rotatable bonds is 6. The first-order chi connectivity index (χ1) is 12.4. The maximum Gasteiger partial charge on any atom is 0.262 e. The van der Waals surface area contributed by atoms with E-state index in [1.54, 1.807) is 0 Å². The third kappa shape index (κ3) is 4.28. The molecule has 0 aliphatic carbocycles. The summed E-state index contributed by atoms with van der Waals surface area (Å²) >= 11 is 1.39. The lowest BCUT2D eigenvalue weighted by molar-refractivity contribution is -0.127. The van der Waals surface area contributed by atoms with Gasteiger partial charge in [-0.15, -0.1) is 11.3 Å². The SMILES string of the molecule is CC(C)C[C@H](NC(=O)c1cc2ccccc2s1)C(=O)N[C@H]1COCC1=O. The monoisotopic (exact) mass is 374 g/mol. The molecule has 2 heterocycles. The van der Waals surface area contributed by atoms with Crippen LogP contribution in [0.3, 0.4) is 0 Å². The highest BCUT2D eigenvalue weighted by Crippen LogP contribution is 2.25. The molecule has 0 bridgehead atoms. The van der Waals surface area contributed by atoms with Gasteiger partial charge in [0.1, 0.15) is 18.7 Å². The van der Waals surface area contributed by atoms with Crippen LogP contribution in [0, 0.1) is 5.92 Å². The summed E-state index contributed by atoms with van der Waals surface area (Å²) in [5, 5.41) is 6.52. The molecular formula is C19H22N2O4S. The van der Waals surface area contributed by atoms with Crippen molar-refractivity contribution in [3.05, 3.63) is 35.2 Å². The van der Waals surface area contributed by atoms with Crippen molar-refractivity contribution in [2.24, 2.45) is 5.92 Å². The lowest BCUT2D eigenvalue weighted by Crippen LogP contribution is -2.51. The minimum atomic E-state index is -0.693. The standard InChI is InChI=1S/C19H22N2O4S/c1-11(2)7-13(18(23)21-14-9-25-10-15(14)22)20-19(24)17-8-12-5-3-4-6-16(12)26-17/h3-6,8,11,13-14H,7,9-10H2,1-2H3,(H,20,24)(H,21,23)/t13-,14-/m0/s1. The topological polar surface area (TPSA) is 84.5 Å². The van der Waals surface area contributed by atoms with Gasteiger partial charge in [0.2, 0.25) is 5.91 Å². The number of carbonyl (C=O) groups is 3. The minimum Gasteiger partial charge on any atom is -0.371 e. The summed E-state index contributed by atoms with van der Waals surface area (Å²) < 4.78 is 6.09. The predicted octanol–water partition coefficient (Wildman–Crippen LogP) is 2.13. The molecule has 0 unspecified atom stereocenters. The normalized spacial score (nSPS) is 18.3. The molecule has 1 aromatic heterocycles. The number of carbonyl (C=O) groups excluding carboxylic acids is 3. The van der Waals surface area contributed by atoms with Crippen LogP contribution in [0.15, 0.2) is 30.3 Å². The van der Waals surface area contributed by atoms with Crippen LogP contribution in [0.4, 0.5) is 0 Å². The van der Waals surface area contributed by atoms with Gasteiger partial charge in [-0.25, -0.2) is 0 Å². The van der Waals surface area contributed by atoms with Gasteiger partial charge in [0.15, 0.2) is 5.78 Å². The van der Waals surface area contributed by atoms with Crippen LogP contribution in [-0.2, 0) is 14.3 Å². The molecule has 0 spiro atoms. The van der Waals surface area contributed by atoms with Crippen LogP contribution < -0.4 is 10.6 Å². The molecule has 1 aliphatic heterocycles. The van der Waals surface area contributed by atoms with E-state index in [9.17, 15) is 14.4 Å². The van der Waals surface area contributed by atoms with Crippen LogP contribution in [0.1, 0.15) is 29.9 Å². The number of ether oxygens (including phenoxy) is 1. The molecule has 7 heteroatoms. The first-order valence-electron chi connectivity index (χ1n) is 8.64. The Hall–Kier alpha value is -2.25. The van der Waals surface area contributed by atoms with E-state index in [-0.39, 0.29) is 36.7 Å². The van der Waals surface area contributed by atoms with E-state index in [0.717, 1.165) is 10.1 Å². The van der Waals surface area contributed by atoms with E-state index in [1.807, 2.05) is 44.2 Å². The number of Topliss-reactive ketones (excluding diaryl/α,β-unsaturated/α-hetero) is 1. The molecule has 3 rings (SSSR count). The molecule has 1 aromatic carbocycles. The van der Waals surface area contributed by atoms with Crippen LogP contribution in [-0.4, -0.2) is 42.9 Å². The second kappa shape index (κ2) is 7.97. The fourth-order valence-corrected chi connectivity index (χ4v) is 3.86. The molecule has 26 heavy (non-hydrogen) atoms. The number of ketones is 1. The Kier molecular flexibility index (Phi) is 5.68. The summed E-state index contributed by atoms with van der Waals surface area (Å²) in [5.41, 5.74) is 0. The largest absolute Gasteiger partial charge is 0.371 e. The van der Waals surface area contributed by atoms with Crippen molar-refractivity contribution in [2.45, 2.75) is 32.4 Å². The maximum atomic E-state index is 12.6. The summed E-state index contributed by atoms with van der Waals surface area (Å²) in [6, 6.07) is 8.27. The molecule has 0 saturated carbocycles. The fraction of sp³-hybridized carbons (Fsp3) is 0.421. The van der Waals surface area contributed by atoms with Crippen molar-refractivity contribution in [1.82, 2.24) is 10.6 Å². The Morgan fingerprint density at radius 1 is 1.31 bits per heavy atom. The first kappa shape index (κ1) is 18.5. The molecule has 1 saturated heterocycles. The van der Waals surface area contributed by atoms with Gasteiger partial charge in [-0.1, -0.05) is 32.0 Å². The summed E-state index contributed by atoms with van der Waals surface area (Å²) in [6.07, 6.45) is 0.490. The minimum absolute atomic E-state index is 0.0218. The number of hydrogen-bond acceptors (Lipinski definition) is 5. The van der Waals surface area contributed by atoms with Crippen LogP contribution in [0.25, 0.3) is 10.1 Å². The van der Waals surface area contributed by atoms with E-state index in [1.165, 1.54) is 11.3 Å². The van der Waals surface area contributed by atoms with Gasteiger partial charge in [0.25, 0.3) is 5.91 Å². The second-order valence-electron chi connectivity index (χ2n) is 6.85. The van der Waals surface area contributed by atoms with E-state index in [0.29, 0.717) is 11.3 Å². The highest BCUT2D eigenvalue weighted by molar-refractivity contribution is 7.20. The van der Waals surface area contributed by atoms with Gasteiger partial charge in [0.05, 0.1) is 11.5 Å². The number of hydrogen-bond donors (Lipinski definition) is 2. The molecule has 6 nitrogen and oxygen atoms in total. The molecule has 2 aromatic rings. The Morgan fingerprint density at radius 2 is 2.08 bits per heavy atom. The lowest BCUT2D eigenvalue weighted by Gasteiger charge is -2.21. The van der Waals surface area contributed by atoms with Crippen molar-refractivity contribution < 1.29 is 19.1 Å². The Labute approximate surface area is 155 Å². The average molecular weight is 374 g/mol. The van der Waals surface area contributed by atoms with Gasteiger partial charge < -0.3 is 15.4 Å². The zero-order chi connectivity index (χ0) is 18.7. The zero-order valence-corrected chi connectivity index (χ0v) is 15.6. The van der Waals surface area contributed by atoms with Gasteiger partial charge in [-0.2, -0.15) is 0 Å². The third-order valence-electron chi connectivity index (χ3n) is 4.21. The molecule has 2 atom stereocenters. The smallest absolute Gasteiger partial charge is 0.262 e. The predicted molar refractivity (Wildman–Crippen MR) is 100 cm³/mol. The van der Waals surface area contributed by atoms with E-state index in [4.69, 9.17) is 4.74 Å². The van der Waals surface area contributed by atoms with Gasteiger partial charge >= 0.3 is 0 Å². The average Bonchev–Trinajstić information content (AvgIpc) is 3.20. The van der Waals surface area contributed by atoms with E-state index < -0.39 is 12.1 Å². The Morgan fingerprint density at radius 3 is 2.73 bits per heavy atom. The van der Waals surface area contributed by atoms with Crippen LogP contribution in [0.5, 0.6) is 0 Å². The summed E-state index contributed by atoms with van der Waals surface area (Å²) in [6.45, 7) is 4.17. The highest BCUT2D eigenvalue weighted by Gasteiger charge is 2.30. The van der Waals surface area contributed by atoms with Crippen molar-refractivity contribution in [3.8, 4) is 0 Å². The van der Waals surface area contributed by atoms with Crippen molar-refractivity contribution in [1.29, 1.82) is 0 Å². The molecule has 2 amide bonds. The number of thiophene rings is 1. The number of benzene rings is 1. The number of fused-ring (bicyclic) bond motifs is 1. The van der Waals surface area contributed by atoms with Crippen LogP contribution in [0.2, 0.25) is 0 Å². The fourth-order valence-electron chi connectivity index (χ4n) is 2.89. The lowest BCUT2D eigenvalue weighted by atomic mass is 10.0. The van der Waals surface area contributed by atoms with Gasteiger partial charge in [0, 0.05) is 4.70 Å². The molecular weight excluding hydrogens is 352 g/mol. The summed E-state index contributed by atoms with van der Waals surface area (Å²) in [7, 11) is 0. The molecule has 138 valence electrons. The molecule has 2 N–H and O–H groups in total. The van der Waals surface area contributed by atoms with Gasteiger partial charge in [-0.3, -0.25) is 14.4 Å². The Balaban J connectivity index is 1.71. The van der Waals surface area contributed by atoms with Crippen molar-refractivity contribution in [3.63, 3.8) is 0 Å². The summed E-state index contributed by atoms with van der Waals surface area (Å²) in [5.74, 6) is -0.556. The van der Waals surface area contributed by atoms with E-state index >= 15 is 0 Å². The van der Waals surface area contributed by atoms with Crippen molar-refractivity contribution in [2.75, 3.05) is 13.2 Å². The van der Waals surface area contributed by atoms with Crippen LogP contribution >= 0.6 is 11.3 Å². The summed E-state index contributed by atoms with van der Waals surface area (Å²) in [4.78, 5) is 37.5. The number of amides is 2. The zero-order valence-electron chi connectivity index (χ0n) is 14.8. The van der Waals surface area contributed by atoms with Crippen molar-refractivity contribution >= 4 is 39.0 Å². The molecule has 1 fully saturated rings. The van der Waals surface area contributed by atoms with Gasteiger partial charge in [-0.05, 0) is 29.9 Å². The second-order valence-corrected chi connectivity index (χ2v) is 7.93.